The Kier molecular flexibility index (Phi) is 6.39. The second kappa shape index (κ2) is 9.57. The lowest BCUT2D eigenvalue weighted by atomic mass is 10.1. The van der Waals surface area contributed by atoms with Crippen molar-refractivity contribution in [2.45, 2.75) is 13.0 Å². The average Bonchev–Trinajstić information content (AvgIpc) is 3.26. The summed E-state index contributed by atoms with van der Waals surface area (Å²) in [4.78, 5) is 12.4. The second-order valence-corrected chi connectivity index (χ2v) is 7.23. The predicted molar refractivity (Wildman–Crippen MR) is 123 cm³/mol. The van der Waals surface area contributed by atoms with Gasteiger partial charge in [-0.15, -0.1) is 0 Å². The van der Waals surface area contributed by atoms with E-state index in [9.17, 15) is 8.78 Å². The third-order valence-electron chi connectivity index (χ3n) is 4.94. The molecule has 0 bridgehead atoms. The van der Waals surface area contributed by atoms with Crippen LogP contribution in [0.15, 0.2) is 42.5 Å². The molecule has 0 aliphatic carbocycles. The number of aromatic amines is 1. The highest BCUT2D eigenvalue weighted by Crippen LogP contribution is 2.32. The molecule has 1 unspecified atom stereocenters. The molecule has 0 saturated carbocycles. The van der Waals surface area contributed by atoms with Crippen molar-refractivity contribution in [3.05, 3.63) is 59.7 Å². The van der Waals surface area contributed by atoms with Crippen LogP contribution in [0, 0.1) is 11.6 Å². The predicted octanol–water partition coefficient (Wildman–Crippen LogP) is 4.06. The molecule has 4 rings (SSSR count). The number of hydrogen-bond acceptors (Lipinski definition) is 9. The van der Waals surface area contributed by atoms with E-state index in [2.05, 4.69) is 35.8 Å². The van der Waals surface area contributed by atoms with E-state index >= 15 is 0 Å². The van der Waals surface area contributed by atoms with Gasteiger partial charge in [-0.2, -0.15) is 20.1 Å². The molecule has 0 amide bonds. The third-order valence-corrected chi connectivity index (χ3v) is 4.94. The number of nitrogens with two attached hydrogens (primary N) is 1. The Bertz CT molecular complexity index is 1310. The zero-order valence-electron chi connectivity index (χ0n) is 18.6. The van der Waals surface area contributed by atoms with Gasteiger partial charge in [0.05, 0.1) is 26.0 Å². The first-order valence-electron chi connectivity index (χ1n) is 10.1. The van der Waals surface area contributed by atoms with Gasteiger partial charge in [0, 0.05) is 23.3 Å². The van der Waals surface area contributed by atoms with Crippen LogP contribution in [0.4, 0.5) is 32.4 Å². The maximum Gasteiger partial charge on any atom is 0.235 e. The van der Waals surface area contributed by atoms with Crippen molar-refractivity contribution >= 4 is 23.7 Å². The quantitative estimate of drug-likeness (QED) is 0.302. The van der Waals surface area contributed by atoms with Crippen molar-refractivity contribution in [3.63, 3.8) is 0 Å². The number of ether oxygens (including phenoxy) is 2. The topological polar surface area (TPSA) is 136 Å². The Morgan fingerprint density at radius 1 is 0.941 bits per heavy atom. The molecule has 0 spiro atoms. The first-order chi connectivity index (χ1) is 16.4. The number of hydrogen-bond donors (Lipinski definition) is 4. The summed E-state index contributed by atoms with van der Waals surface area (Å²) in [5, 5.41) is 13.0. The van der Waals surface area contributed by atoms with E-state index in [4.69, 9.17) is 15.2 Å². The van der Waals surface area contributed by atoms with Crippen molar-refractivity contribution in [3.8, 4) is 22.8 Å². The van der Waals surface area contributed by atoms with Crippen molar-refractivity contribution in [2.24, 2.45) is 0 Å². The van der Waals surface area contributed by atoms with Gasteiger partial charge in [0.25, 0.3) is 0 Å². The molecule has 4 aromatic rings. The second-order valence-electron chi connectivity index (χ2n) is 7.23. The summed E-state index contributed by atoms with van der Waals surface area (Å²) in [5.41, 5.74) is 7.60. The van der Waals surface area contributed by atoms with Gasteiger partial charge in [-0.3, -0.25) is 5.10 Å². The molecule has 2 heterocycles. The molecule has 5 N–H and O–H groups in total. The number of nitrogens with zero attached hydrogens (tertiary/aromatic N) is 4. The van der Waals surface area contributed by atoms with E-state index in [0.29, 0.717) is 23.0 Å². The Balaban J connectivity index is 1.51. The zero-order chi connectivity index (χ0) is 24.2. The van der Waals surface area contributed by atoms with E-state index in [1.54, 1.807) is 33.3 Å². The SMILES string of the molecule is COc1ccc(-c2cc(Nc3nc(N)nc(NC(C)c4ccc(F)cc4F)n3)n[nH]2)cc1OC. The van der Waals surface area contributed by atoms with Crippen molar-refractivity contribution in [1.82, 2.24) is 25.1 Å². The van der Waals surface area contributed by atoms with E-state index < -0.39 is 17.7 Å². The molecule has 2 aromatic carbocycles. The lowest BCUT2D eigenvalue weighted by Crippen LogP contribution is -2.14. The molecule has 176 valence electrons. The molecule has 0 aliphatic rings. The van der Waals surface area contributed by atoms with E-state index in [1.807, 2.05) is 12.1 Å². The molecule has 0 aliphatic heterocycles. The minimum absolute atomic E-state index is 0.0533. The smallest absolute Gasteiger partial charge is 0.235 e. The first-order valence-corrected chi connectivity index (χ1v) is 10.1. The number of methoxy groups -OCH3 is 2. The summed E-state index contributed by atoms with van der Waals surface area (Å²) < 4.78 is 37.9. The maximum absolute atomic E-state index is 14.1. The molecule has 10 nitrogen and oxygen atoms in total. The van der Waals surface area contributed by atoms with Gasteiger partial charge in [-0.1, -0.05) is 6.07 Å². The highest BCUT2D eigenvalue weighted by Gasteiger charge is 2.15. The zero-order valence-corrected chi connectivity index (χ0v) is 18.6. The van der Waals surface area contributed by atoms with Crippen molar-refractivity contribution in [1.29, 1.82) is 0 Å². The third kappa shape index (κ3) is 4.95. The normalized spacial score (nSPS) is 11.7. The standard InChI is InChI=1S/C22H22F2N8O2/c1-11(14-6-5-13(23)9-15(14)24)26-21-28-20(25)29-22(30-21)27-19-10-16(31-32-19)12-4-7-17(33-2)18(8-12)34-3/h4-11H,1-3H3,(H5,25,26,27,28,29,30,31,32). The molecular weight excluding hydrogens is 446 g/mol. The lowest BCUT2D eigenvalue weighted by molar-refractivity contribution is 0.355. The number of aromatic nitrogens is 5. The van der Waals surface area contributed by atoms with E-state index in [1.165, 1.54) is 12.1 Å². The molecule has 34 heavy (non-hydrogen) atoms. The van der Waals surface area contributed by atoms with Gasteiger partial charge in [0.1, 0.15) is 11.6 Å². The van der Waals surface area contributed by atoms with Crippen molar-refractivity contribution in [2.75, 3.05) is 30.6 Å². The molecule has 0 saturated heterocycles. The van der Waals surface area contributed by atoms with Crippen LogP contribution < -0.4 is 25.8 Å². The summed E-state index contributed by atoms with van der Waals surface area (Å²) >= 11 is 0. The van der Waals surface area contributed by atoms with E-state index in [0.717, 1.165) is 11.6 Å². The molecule has 0 radical (unpaired) electrons. The maximum atomic E-state index is 14.1. The Morgan fingerprint density at radius 3 is 2.44 bits per heavy atom. The highest BCUT2D eigenvalue weighted by molar-refractivity contribution is 5.67. The average molecular weight is 468 g/mol. The number of H-pyrrole nitrogens is 1. The van der Waals surface area contributed by atoms with Crippen LogP contribution in [-0.4, -0.2) is 39.4 Å². The summed E-state index contributed by atoms with van der Waals surface area (Å²) in [6, 6.07) is 10.0. The number of rotatable bonds is 8. The molecular formula is C22H22F2N8O2. The summed E-state index contributed by atoms with van der Waals surface area (Å²) in [7, 11) is 3.12. The van der Waals surface area contributed by atoms with Gasteiger partial charge in [-0.25, -0.2) is 8.78 Å². The van der Waals surface area contributed by atoms with Gasteiger partial charge in [-0.05, 0) is 31.2 Å². The largest absolute Gasteiger partial charge is 0.493 e. The summed E-state index contributed by atoms with van der Waals surface area (Å²) in [5.74, 6) is 0.474. The minimum Gasteiger partial charge on any atom is -0.493 e. The Morgan fingerprint density at radius 2 is 1.71 bits per heavy atom. The van der Waals surface area contributed by atoms with Crippen molar-refractivity contribution < 1.29 is 18.3 Å². The van der Waals surface area contributed by atoms with Crippen LogP contribution in [0.3, 0.4) is 0 Å². The number of benzene rings is 2. The van der Waals surface area contributed by atoms with Gasteiger partial charge < -0.3 is 25.8 Å². The fraction of sp³-hybridized carbons (Fsp3) is 0.182. The fourth-order valence-corrected chi connectivity index (χ4v) is 3.29. The molecule has 1 atom stereocenters. The molecule has 12 heteroatoms. The van der Waals surface area contributed by atoms with Crippen LogP contribution in [0.5, 0.6) is 11.5 Å². The monoisotopic (exact) mass is 468 g/mol. The first kappa shape index (κ1) is 22.7. The fourth-order valence-electron chi connectivity index (χ4n) is 3.29. The molecule has 0 fully saturated rings. The van der Waals surface area contributed by atoms with Gasteiger partial charge >= 0.3 is 0 Å². The van der Waals surface area contributed by atoms with Gasteiger partial charge in [0.15, 0.2) is 17.3 Å². The Labute approximate surface area is 193 Å². The van der Waals surface area contributed by atoms with Crippen LogP contribution in [0.1, 0.15) is 18.5 Å². The number of nitrogen functional groups attached to an aromatic ring is 1. The number of halogens is 2. The minimum atomic E-state index is -0.681. The lowest BCUT2D eigenvalue weighted by Gasteiger charge is -2.15. The van der Waals surface area contributed by atoms with Gasteiger partial charge in [0.2, 0.25) is 17.8 Å². The number of nitrogens with one attached hydrogen (secondary N) is 3. The van der Waals surface area contributed by atoms with Crippen LogP contribution in [-0.2, 0) is 0 Å². The van der Waals surface area contributed by atoms with Crippen LogP contribution in [0.2, 0.25) is 0 Å². The summed E-state index contributed by atoms with van der Waals surface area (Å²) in [6.07, 6.45) is 0. The highest BCUT2D eigenvalue weighted by atomic mass is 19.1. The number of anilines is 4. The summed E-state index contributed by atoms with van der Waals surface area (Å²) in [6.45, 7) is 1.69. The van der Waals surface area contributed by atoms with Crippen LogP contribution >= 0.6 is 0 Å². The Hall–Kier alpha value is -4.48. The van der Waals surface area contributed by atoms with E-state index in [-0.39, 0.29) is 23.4 Å². The van der Waals surface area contributed by atoms with Crippen LogP contribution in [0.25, 0.3) is 11.3 Å². The molecule has 2 aromatic heterocycles.